The second-order valence-corrected chi connectivity index (χ2v) is 5.76. The van der Waals surface area contributed by atoms with Gasteiger partial charge >= 0.3 is 5.97 Å². The summed E-state index contributed by atoms with van der Waals surface area (Å²) in [4.78, 5) is 10.5. The lowest BCUT2D eigenvalue weighted by atomic mass is 10.2. The molecule has 2 N–H and O–H groups in total. The first-order valence-electron chi connectivity index (χ1n) is 5.35. The molecule has 1 aliphatic carbocycles. The van der Waals surface area contributed by atoms with Gasteiger partial charge in [0.05, 0.1) is 5.75 Å². The van der Waals surface area contributed by atoms with Crippen molar-refractivity contribution in [3.05, 3.63) is 5.82 Å². The third-order valence-electron chi connectivity index (χ3n) is 2.97. The van der Waals surface area contributed by atoms with Crippen molar-refractivity contribution in [3.63, 3.8) is 0 Å². The molecule has 1 aromatic rings. The van der Waals surface area contributed by atoms with Crippen LogP contribution in [0.3, 0.4) is 0 Å². The van der Waals surface area contributed by atoms with E-state index >= 15 is 0 Å². The third-order valence-corrected chi connectivity index (χ3v) is 3.90. The van der Waals surface area contributed by atoms with Crippen LogP contribution in [0.15, 0.2) is 5.16 Å². The topological polar surface area (TPSA) is 88.2 Å². The molecule has 1 aromatic heterocycles. The molecule has 7 heteroatoms. The molecule has 1 fully saturated rings. The number of carbonyl (C=O) groups is 1. The second kappa shape index (κ2) is 4.30. The molecule has 94 valence electrons. The van der Waals surface area contributed by atoms with Crippen LogP contribution in [0.1, 0.15) is 32.1 Å². The number of aromatic nitrogens is 3. The number of nitrogens with zero attached hydrogens (tertiary/aromatic N) is 3. The summed E-state index contributed by atoms with van der Waals surface area (Å²) in [5.74, 6) is -0.421. The van der Waals surface area contributed by atoms with Crippen LogP contribution in [-0.4, -0.2) is 36.7 Å². The summed E-state index contributed by atoms with van der Waals surface area (Å²) in [6, 6.07) is 0.260. The monoisotopic (exact) mass is 257 g/mol. The highest BCUT2D eigenvalue weighted by molar-refractivity contribution is 7.99. The third kappa shape index (κ3) is 2.44. The number of rotatable bonds is 5. The first-order chi connectivity index (χ1) is 7.95. The Kier molecular flexibility index (Phi) is 3.13. The zero-order valence-corrected chi connectivity index (χ0v) is 10.6. The largest absolute Gasteiger partial charge is 0.481 e. The molecule has 0 radical (unpaired) electrons. The van der Waals surface area contributed by atoms with Crippen LogP contribution in [0.25, 0.3) is 0 Å². The van der Waals surface area contributed by atoms with Crippen LogP contribution in [0, 0.1) is 5.41 Å². The standard InChI is InChI=1S/C10H15N3O3S/c1-10(2)3-6(10)13-7(4-14)11-12-9(13)17-5-8(15)16/h6,14H,3-5H2,1-2H3,(H,15,16). The van der Waals surface area contributed by atoms with E-state index in [1.54, 1.807) is 0 Å². The second-order valence-electron chi connectivity index (χ2n) is 4.82. The maximum atomic E-state index is 10.5. The summed E-state index contributed by atoms with van der Waals surface area (Å²) in [5, 5.41) is 26.3. The van der Waals surface area contributed by atoms with Crippen molar-refractivity contribution in [2.45, 2.75) is 38.1 Å². The molecule has 0 saturated heterocycles. The van der Waals surface area contributed by atoms with Gasteiger partial charge in [0.25, 0.3) is 0 Å². The minimum Gasteiger partial charge on any atom is -0.481 e. The molecule has 1 unspecified atom stereocenters. The Morgan fingerprint density at radius 3 is 2.71 bits per heavy atom. The van der Waals surface area contributed by atoms with Crippen LogP contribution in [-0.2, 0) is 11.4 Å². The lowest BCUT2D eigenvalue weighted by Gasteiger charge is -2.10. The molecule has 1 aliphatic rings. The van der Waals surface area contributed by atoms with E-state index < -0.39 is 5.97 Å². The minimum absolute atomic E-state index is 0.0449. The van der Waals surface area contributed by atoms with Gasteiger partial charge in [-0.25, -0.2) is 0 Å². The fourth-order valence-electron chi connectivity index (χ4n) is 1.83. The highest BCUT2D eigenvalue weighted by atomic mass is 32.2. The Morgan fingerprint density at radius 2 is 2.24 bits per heavy atom. The van der Waals surface area contributed by atoms with Crippen molar-refractivity contribution in [2.24, 2.45) is 5.41 Å². The van der Waals surface area contributed by atoms with E-state index in [4.69, 9.17) is 5.11 Å². The first kappa shape index (κ1) is 12.4. The van der Waals surface area contributed by atoms with Crippen molar-refractivity contribution in [2.75, 3.05) is 5.75 Å². The molecule has 1 atom stereocenters. The lowest BCUT2D eigenvalue weighted by Crippen LogP contribution is -2.08. The highest BCUT2D eigenvalue weighted by Crippen LogP contribution is 2.56. The molecule has 17 heavy (non-hydrogen) atoms. The van der Waals surface area contributed by atoms with E-state index in [9.17, 15) is 9.90 Å². The zero-order valence-electron chi connectivity index (χ0n) is 9.75. The van der Waals surface area contributed by atoms with Crippen LogP contribution >= 0.6 is 11.8 Å². The van der Waals surface area contributed by atoms with Gasteiger partial charge in [0.15, 0.2) is 11.0 Å². The first-order valence-corrected chi connectivity index (χ1v) is 6.33. The SMILES string of the molecule is CC1(C)CC1n1c(CO)nnc1SCC(=O)O. The van der Waals surface area contributed by atoms with Gasteiger partial charge in [0.2, 0.25) is 0 Å². The lowest BCUT2D eigenvalue weighted by molar-refractivity contribution is -0.133. The van der Waals surface area contributed by atoms with Crippen molar-refractivity contribution in [3.8, 4) is 0 Å². The summed E-state index contributed by atoms with van der Waals surface area (Å²) in [5.41, 5.74) is 0.171. The predicted octanol–water partition coefficient (Wildman–Crippen LogP) is 0.918. The smallest absolute Gasteiger partial charge is 0.313 e. The molecule has 0 spiro atoms. The van der Waals surface area contributed by atoms with Crippen LogP contribution in [0.2, 0.25) is 0 Å². The molecule has 0 amide bonds. The van der Waals surface area contributed by atoms with Gasteiger partial charge in [-0.3, -0.25) is 4.79 Å². The minimum atomic E-state index is -0.884. The maximum absolute atomic E-state index is 10.5. The van der Waals surface area contributed by atoms with Crippen LogP contribution in [0.4, 0.5) is 0 Å². The zero-order chi connectivity index (χ0) is 12.6. The number of aliphatic hydroxyl groups excluding tert-OH is 1. The molecular formula is C10H15N3O3S. The quantitative estimate of drug-likeness (QED) is 0.762. The number of aliphatic hydroxyl groups is 1. The van der Waals surface area contributed by atoms with Gasteiger partial charge in [-0.15, -0.1) is 10.2 Å². The van der Waals surface area contributed by atoms with Gasteiger partial charge < -0.3 is 14.8 Å². The van der Waals surface area contributed by atoms with Crippen molar-refractivity contribution < 1.29 is 15.0 Å². The molecule has 0 aliphatic heterocycles. The van der Waals surface area contributed by atoms with Crippen molar-refractivity contribution in [1.29, 1.82) is 0 Å². The molecule has 1 saturated carbocycles. The fourth-order valence-corrected chi connectivity index (χ4v) is 2.56. The molecule has 0 bridgehead atoms. The van der Waals surface area contributed by atoms with Gasteiger partial charge in [0.1, 0.15) is 6.61 Å². The fraction of sp³-hybridized carbons (Fsp3) is 0.700. The number of hydrogen-bond acceptors (Lipinski definition) is 5. The van der Waals surface area contributed by atoms with E-state index in [0.717, 1.165) is 18.2 Å². The molecule has 2 rings (SSSR count). The van der Waals surface area contributed by atoms with Gasteiger partial charge in [-0.1, -0.05) is 25.6 Å². The van der Waals surface area contributed by atoms with Gasteiger partial charge in [0, 0.05) is 6.04 Å². The average molecular weight is 257 g/mol. The normalized spacial score (nSPS) is 21.5. The van der Waals surface area contributed by atoms with Crippen molar-refractivity contribution in [1.82, 2.24) is 14.8 Å². The maximum Gasteiger partial charge on any atom is 0.313 e. The van der Waals surface area contributed by atoms with Gasteiger partial charge in [-0.2, -0.15) is 0 Å². The van der Waals surface area contributed by atoms with E-state index in [1.165, 1.54) is 0 Å². The summed E-state index contributed by atoms with van der Waals surface area (Å²) >= 11 is 1.14. The number of aliphatic carboxylic acids is 1. The van der Waals surface area contributed by atoms with E-state index in [0.29, 0.717) is 11.0 Å². The Bertz CT molecular complexity index is 444. The Hall–Kier alpha value is -1.08. The Balaban J connectivity index is 2.21. The molecular weight excluding hydrogens is 242 g/mol. The Labute approximate surface area is 103 Å². The number of carboxylic acids is 1. The predicted molar refractivity (Wildman–Crippen MR) is 61.7 cm³/mol. The summed E-state index contributed by atoms with van der Waals surface area (Å²) < 4.78 is 1.87. The van der Waals surface area contributed by atoms with Gasteiger partial charge in [-0.05, 0) is 11.8 Å². The number of carboxylic acid groups (broad SMARTS) is 1. The number of hydrogen-bond donors (Lipinski definition) is 2. The van der Waals surface area contributed by atoms with Crippen molar-refractivity contribution >= 4 is 17.7 Å². The van der Waals surface area contributed by atoms with Crippen LogP contribution in [0.5, 0.6) is 0 Å². The summed E-state index contributed by atoms with van der Waals surface area (Å²) in [6.07, 6.45) is 0.999. The highest BCUT2D eigenvalue weighted by Gasteiger charge is 2.49. The average Bonchev–Trinajstić information content (AvgIpc) is 2.73. The van der Waals surface area contributed by atoms with E-state index in [2.05, 4.69) is 24.0 Å². The molecule has 0 aromatic carbocycles. The van der Waals surface area contributed by atoms with E-state index in [1.807, 2.05) is 4.57 Å². The Morgan fingerprint density at radius 1 is 1.59 bits per heavy atom. The summed E-state index contributed by atoms with van der Waals surface area (Å²) in [6.45, 7) is 4.09. The summed E-state index contributed by atoms with van der Waals surface area (Å²) in [7, 11) is 0. The number of thioether (sulfide) groups is 1. The molecule has 1 heterocycles. The van der Waals surface area contributed by atoms with Crippen LogP contribution < -0.4 is 0 Å². The van der Waals surface area contributed by atoms with E-state index in [-0.39, 0.29) is 23.8 Å². The molecule has 6 nitrogen and oxygen atoms in total.